The lowest BCUT2D eigenvalue weighted by Crippen LogP contribution is -2.31. The normalized spacial score (nSPS) is 10.6. The number of aromatic nitrogens is 1. The molecule has 0 aliphatic heterocycles. The molecule has 0 aliphatic carbocycles. The van der Waals surface area contributed by atoms with Crippen LogP contribution in [0.3, 0.4) is 0 Å². The first-order valence-corrected chi connectivity index (χ1v) is 9.24. The number of carbonyl (C=O) groups excluding carboxylic acids is 1. The first kappa shape index (κ1) is 18.7. The lowest BCUT2D eigenvalue weighted by atomic mass is 10.1. The van der Waals surface area contributed by atoms with Gasteiger partial charge in [0.25, 0.3) is 5.91 Å². The predicted octanol–water partition coefficient (Wildman–Crippen LogP) is 4.98. The predicted molar refractivity (Wildman–Crippen MR) is 111 cm³/mol. The molecule has 2 aromatic carbocycles. The van der Waals surface area contributed by atoms with Gasteiger partial charge >= 0.3 is 0 Å². The summed E-state index contributed by atoms with van der Waals surface area (Å²) in [6.45, 7) is 9.84. The molecule has 3 nitrogen and oxygen atoms in total. The highest BCUT2D eigenvalue weighted by Gasteiger charge is 2.16. The van der Waals surface area contributed by atoms with Crippen LogP contribution in [-0.2, 0) is 13.1 Å². The van der Waals surface area contributed by atoms with Crippen LogP contribution < -0.4 is 0 Å². The van der Waals surface area contributed by atoms with Gasteiger partial charge in [-0.3, -0.25) is 4.79 Å². The number of amides is 1. The zero-order valence-electron chi connectivity index (χ0n) is 16.1. The van der Waals surface area contributed by atoms with Crippen molar-refractivity contribution >= 4 is 5.91 Å². The van der Waals surface area contributed by atoms with Crippen molar-refractivity contribution in [2.24, 2.45) is 0 Å². The summed E-state index contributed by atoms with van der Waals surface area (Å²) in [7, 11) is 0. The van der Waals surface area contributed by atoms with Gasteiger partial charge in [-0.25, -0.2) is 0 Å². The van der Waals surface area contributed by atoms with E-state index in [4.69, 9.17) is 0 Å². The molecule has 27 heavy (non-hydrogen) atoms. The first-order valence-electron chi connectivity index (χ1n) is 9.24. The van der Waals surface area contributed by atoms with Crippen LogP contribution >= 0.6 is 0 Å². The van der Waals surface area contributed by atoms with E-state index >= 15 is 0 Å². The Hall–Kier alpha value is -3.07. The minimum absolute atomic E-state index is 0.0264. The minimum atomic E-state index is 0.0264. The van der Waals surface area contributed by atoms with Gasteiger partial charge in [0.2, 0.25) is 0 Å². The minimum Gasteiger partial charge on any atom is -0.345 e. The second kappa shape index (κ2) is 8.54. The third-order valence-corrected chi connectivity index (χ3v) is 4.81. The lowest BCUT2D eigenvalue weighted by Gasteiger charge is -2.22. The average Bonchev–Trinajstić information content (AvgIpc) is 3.10. The van der Waals surface area contributed by atoms with Crippen LogP contribution in [0.5, 0.6) is 0 Å². The van der Waals surface area contributed by atoms with E-state index in [1.165, 1.54) is 11.1 Å². The molecular formula is C24H26N2O. The molecule has 0 N–H and O–H groups in total. The van der Waals surface area contributed by atoms with Crippen LogP contribution in [0, 0.1) is 13.8 Å². The molecule has 1 heterocycles. The number of nitrogens with zero attached hydrogens (tertiary/aromatic N) is 2. The maximum absolute atomic E-state index is 13.0. The summed E-state index contributed by atoms with van der Waals surface area (Å²) in [6, 6.07) is 20.2. The number of hydrogen-bond acceptors (Lipinski definition) is 1. The summed E-state index contributed by atoms with van der Waals surface area (Å²) in [5, 5.41) is 0. The van der Waals surface area contributed by atoms with Crippen LogP contribution in [0.2, 0.25) is 0 Å². The second-order valence-corrected chi connectivity index (χ2v) is 6.89. The summed E-state index contributed by atoms with van der Waals surface area (Å²) in [5.41, 5.74) is 5.53. The Morgan fingerprint density at radius 3 is 2.48 bits per heavy atom. The summed E-state index contributed by atoms with van der Waals surface area (Å²) in [4.78, 5) is 14.8. The van der Waals surface area contributed by atoms with E-state index < -0.39 is 0 Å². The fourth-order valence-electron chi connectivity index (χ4n) is 3.17. The zero-order chi connectivity index (χ0) is 19.2. The van der Waals surface area contributed by atoms with Gasteiger partial charge in [-0.15, -0.1) is 6.58 Å². The molecule has 1 aromatic heterocycles. The van der Waals surface area contributed by atoms with Crippen molar-refractivity contribution in [2.45, 2.75) is 26.9 Å². The van der Waals surface area contributed by atoms with Gasteiger partial charge in [-0.05, 0) is 49.2 Å². The Morgan fingerprint density at radius 1 is 1.04 bits per heavy atom. The van der Waals surface area contributed by atoms with E-state index in [0.717, 1.165) is 17.8 Å². The third-order valence-electron chi connectivity index (χ3n) is 4.81. The molecule has 0 bridgehead atoms. The monoisotopic (exact) mass is 358 g/mol. The van der Waals surface area contributed by atoms with E-state index in [-0.39, 0.29) is 5.91 Å². The summed E-state index contributed by atoms with van der Waals surface area (Å²) < 4.78 is 2.21. The Bertz CT molecular complexity index is 922. The smallest absolute Gasteiger partial charge is 0.254 e. The van der Waals surface area contributed by atoms with Crippen LogP contribution in [0.1, 0.15) is 32.7 Å². The van der Waals surface area contributed by atoms with E-state index in [1.807, 2.05) is 42.2 Å². The maximum Gasteiger partial charge on any atom is 0.254 e. The molecular weight excluding hydrogens is 332 g/mol. The molecule has 0 radical (unpaired) electrons. The van der Waals surface area contributed by atoms with Gasteiger partial charge in [0.05, 0.1) is 6.54 Å². The number of benzene rings is 2. The molecule has 3 heteroatoms. The van der Waals surface area contributed by atoms with Gasteiger partial charge in [-0.2, -0.15) is 0 Å². The van der Waals surface area contributed by atoms with Crippen molar-refractivity contribution < 1.29 is 4.79 Å². The van der Waals surface area contributed by atoms with Crippen LogP contribution in [0.25, 0.3) is 0 Å². The highest BCUT2D eigenvalue weighted by molar-refractivity contribution is 5.94. The fraction of sp³-hybridized carbons (Fsp3) is 0.208. The topological polar surface area (TPSA) is 25.2 Å². The molecule has 0 unspecified atom stereocenters. The number of carbonyl (C=O) groups is 1. The number of rotatable bonds is 7. The zero-order valence-corrected chi connectivity index (χ0v) is 16.1. The quantitative estimate of drug-likeness (QED) is 0.547. The Labute approximate surface area is 161 Å². The highest BCUT2D eigenvalue weighted by atomic mass is 16.2. The van der Waals surface area contributed by atoms with Gasteiger partial charge in [-0.1, -0.05) is 48.0 Å². The van der Waals surface area contributed by atoms with Gasteiger partial charge < -0.3 is 9.47 Å². The molecule has 0 fully saturated rings. The SMILES string of the molecule is C=CCN(Cc1cccn1Cc1ccccc1C)C(=O)c1ccc(C)cc1. The van der Waals surface area contributed by atoms with Crippen molar-refractivity contribution in [3.8, 4) is 0 Å². The van der Waals surface area contributed by atoms with Gasteiger partial charge in [0.15, 0.2) is 0 Å². The van der Waals surface area contributed by atoms with E-state index in [1.54, 1.807) is 6.08 Å². The second-order valence-electron chi connectivity index (χ2n) is 6.89. The largest absolute Gasteiger partial charge is 0.345 e. The van der Waals surface area contributed by atoms with Crippen molar-refractivity contribution in [2.75, 3.05) is 6.54 Å². The van der Waals surface area contributed by atoms with Gasteiger partial charge in [0.1, 0.15) is 0 Å². The molecule has 3 rings (SSSR count). The Balaban J connectivity index is 1.80. The van der Waals surface area contributed by atoms with Crippen LogP contribution in [-0.4, -0.2) is 21.9 Å². The van der Waals surface area contributed by atoms with E-state index in [2.05, 4.69) is 54.6 Å². The van der Waals surface area contributed by atoms with Crippen LogP contribution in [0.15, 0.2) is 79.5 Å². The highest BCUT2D eigenvalue weighted by Crippen LogP contribution is 2.15. The molecule has 1 amide bonds. The molecule has 0 spiro atoms. The van der Waals surface area contributed by atoms with Crippen LogP contribution in [0.4, 0.5) is 0 Å². The third kappa shape index (κ3) is 4.56. The summed E-state index contributed by atoms with van der Waals surface area (Å²) in [6.07, 6.45) is 3.85. The lowest BCUT2D eigenvalue weighted by molar-refractivity contribution is 0.0759. The molecule has 138 valence electrons. The molecule has 0 aliphatic rings. The fourth-order valence-corrected chi connectivity index (χ4v) is 3.17. The average molecular weight is 358 g/mol. The molecule has 0 atom stereocenters. The standard InChI is InChI=1S/C24H26N2O/c1-4-15-26(24(27)21-13-11-19(2)12-14-21)18-23-10-7-16-25(23)17-22-9-6-5-8-20(22)3/h4-14,16H,1,15,17-18H2,2-3H3. The Kier molecular flexibility index (Phi) is 5.92. The van der Waals surface area contributed by atoms with E-state index in [0.29, 0.717) is 18.7 Å². The summed E-state index contributed by atoms with van der Waals surface area (Å²) >= 11 is 0. The molecule has 0 saturated carbocycles. The van der Waals surface area contributed by atoms with Crippen molar-refractivity contribution in [3.05, 3.63) is 107 Å². The number of hydrogen-bond donors (Lipinski definition) is 0. The van der Waals surface area contributed by atoms with Crippen molar-refractivity contribution in [1.29, 1.82) is 0 Å². The maximum atomic E-state index is 13.0. The first-order chi connectivity index (χ1) is 13.1. The summed E-state index contributed by atoms with van der Waals surface area (Å²) in [5.74, 6) is 0.0264. The molecule has 3 aromatic rings. The Morgan fingerprint density at radius 2 is 1.78 bits per heavy atom. The molecule has 0 saturated heterocycles. The van der Waals surface area contributed by atoms with E-state index in [9.17, 15) is 4.79 Å². The van der Waals surface area contributed by atoms with Gasteiger partial charge in [0, 0.05) is 30.5 Å². The number of aryl methyl sites for hydroxylation is 2. The van der Waals surface area contributed by atoms with Crippen molar-refractivity contribution in [3.63, 3.8) is 0 Å². The van der Waals surface area contributed by atoms with Crippen molar-refractivity contribution in [1.82, 2.24) is 9.47 Å².